The summed E-state index contributed by atoms with van der Waals surface area (Å²) in [6.45, 7) is 3.89. The maximum absolute atomic E-state index is 13.0. The number of halogens is 1. The van der Waals surface area contributed by atoms with E-state index in [1.807, 2.05) is 26.0 Å². The summed E-state index contributed by atoms with van der Waals surface area (Å²) < 4.78 is 10.5. The molecule has 0 aliphatic carbocycles. The number of ether oxygens (including phenoxy) is 2. The lowest BCUT2D eigenvalue weighted by Crippen LogP contribution is -2.44. The summed E-state index contributed by atoms with van der Waals surface area (Å²) in [7, 11) is 2.42. The van der Waals surface area contributed by atoms with E-state index in [-0.39, 0.29) is 27.8 Å². The van der Waals surface area contributed by atoms with Crippen LogP contribution in [0.4, 0.5) is 5.69 Å². The first-order valence-electron chi connectivity index (χ1n) is 11.6. The molecule has 1 heterocycles. The minimum atomic E-state index is -1.32. The molecule has 2 N–H and O–H groups in total. The molecule has 2 atom stereocenters. The highest BCUT2D eigenvalue weighted by Crippen LogP contribution is 2.40. The molecule has 0 spiro atoms. The Bertz CT molecular complexity index is 1350. The molecular weight excluding hydrogens is 574 g/mol. The Balaban J connectivity index is 1.92. The van der Waals surface area contributed by atoms with Crippen LogP contribution in [0.25, 0.3) is 0 Å². The topological polar surface area (TPSA) is 135 Å². The predicted octanol–water partition coefficient (Wildman–Crippen LogP) is 4.22. The molecule has 0 bridgehead atoms. The summed E-state index contributed by atoms with van der Waals surface area (Å²) in [4.78, 5) is 50.3. The van der Waals surface area contributed by atoms with Gasteiger partial charge in [0.2, 0.25) is 11.8 Å². The van der Waals surface area contributed by atoms with Crippen molar-refractivity contribution in [3.63, 3.8) is 0 Å². The number of esters is 2. The normalized spacial score (nSPS) is 16.8. The number of nitrogens with zero attached hydrogens (tertiary/aromatic N) is 1. The van der Waals surface area contributed by atoms with Gasteiger partial charge >= 0.3 is 11.9 Å². The highest BCUT2D eigenvalue weighted by Gasteiger charge is 2.44. The lowest BCUT2D eigenvalue weighted by molar-refractivity contribution is -0.150. The second-order valence-electron chi connectivity index (χ2n) is 8.38. The number of rotatable bonds is 8. The van der Waals surface area contributed by atoms with E-state index in [0.717, 1.165) is 40.2 Å². The Morgan fingerprint density at radius 2 is 1.84 bits per heavy atom. The van der Waals surface area contributed by atoms with Crippen molar-refractivity contribution in [3.8, 4) is 6.07 Å². The summed E-state index contributed by atoms with van der Waals surface area (Å²) in [5.41, 5.74) is 3.42. The van der Waals surface area contributed by atoms with E-state index in [1.54, 1.807) is 12.1 Å². The van der Waals surface area contributed by atoms with Gasteiger partial charge in [-0.1, -0.05) is 46.7 Å². The first-order chi connectivity index (χ1) is 18.1. The lowest BCUT2D eigenvalue weighted by Gasteiger charge is -2.31. The van der Waals surface area contributed by atoms with Gasteiger partial charge in [-0.15, -0.1) is 0 Å². The van der Waals surface area contributed by atoms with Gasteiger partial charge < -0.3 is 20.1 Å². The standard InChI is InChI=1S/C27H26BrN3O6S/c1-5-15-11-18(28)10-14(2)23(15)30-20(32)13-38-25-19(12-29)21(22(24(33)31-25)27(35)37-4)16-6-8-17(9-7-16)26(34)36-3/h6-11,21-22H,5,13H2,1-4H3,(H,30,32)(H,31,33)/t21-,22-/m1/s1. The van der Waals surface area contributed by atoms with E-state index in [4.69, 9.17) is 9.47 Å². The average Bonchev–Trinajstić information content (AvgIpc) is 2.91. The molecule has 0 saturated heterocycles. The van der Waals surface area contributed by atoms with Crippen LogP contribution < -0.4 is 10.6 Å². The van der Waals surface area contributed by atoms with E-state index in [0.29, 0.717) is 12.0 Å². The van der Waals surface area contributed by atoms with E-state index in [1.165, 1.54) is 19.2 Å². The predicted molar refractivity (Wildman–Crippen MR) is 146 cm³/mol. The van der Waals surface area contributed by atoms with E-state index in [9.17, 15) is 24.4 Å². The fraction of sp³-hybridized carbons (Fsp3) is 0.296. The second-order valence-corrected chi connectivity index (χ2v) is 10.3. The maximum Gasteiger partial charge on any atom is 0.337 e. The van der Waals surface area contributed by atoms with Gasteiger partial charge in [-0.25, -0.2) is 4.79 Å². The third kappa shape index (κ3) is 6.26. The summed E-state index contributed by atoms with van der Waals surface area (Å²) in [6.07, 6.45) is 0.716. The Morgan fingerprint density at radius 3 is 2.42 bits per heavy atom. The molecule has 198 valence electrons. The molecule has 3 rings (SSSR count). The first-order valence-corrected chi connectivity index (χ1v) is 13.4. The van der Waals surface area contributed by atoms with Crippen LogP contribution in [0.1, 0.15) is 39.9 Å². The number of thioether (sulfide) groups is 1. The molecular formula is C27H26BrN3O6S. The van der Waals surface area contributed by atoms with E-state index < -0.39 is 29.7 Å². The molecule has 38 heavy (non-hydrogen) atoms. The molecule has 11 heteroatoms. The van der Waals surface area contributed by atoms with Crippen LogP contribution >= 0.6 is 27.7 Å². The zero-order valence-electron chi connectivity index (χ0n) is 21.2. The van der Waals surface area contributed by atoms with Crippen molar-refractivity contribution in [1.82, 2.24) is 5.32 Å². The zero-order valence-corrected chi connectivity index (χ0v) is 23.6. The Morgan fingerprint density at radius 1 is 1.16 bits per heavy atom. The van der Waals surface area contributed by atoms with Crippen LogP contribution in [0.15, 0.2) is 51.5 Å². The zero-order chi connectivity index (χ0) is 28.0. The fourth-order valence-corrected chi connectivity index (χ4v) is 5.68. The van der Waals surface area contributed by atoms with Gasteiger partial charge in [-0.3, -0.25) is 14.4 Å². The van der Waals surface area contributed by atoms with Crippen LogP contribution in [-0.4, -0.2) is 43.7 Å². The summed E-state index contributed by atoms with van der Waals surface area (Å²) in [5.74, 6) is -4.71. The monoisotopic (exact) mass is 599 g/mol. The van der Waals surface area contributed by atoms with E-state index in [2.05, 4.69) is 32.6 Å². The van der Waals surface area contributed by atoms with Crippen LogP contribution in [0.5, 0.6) is 0 Å². The molecule has 0 fully saturated rings. The lowest BCUT2D eigenvalue weighted by atomic mass is 9.78. The average molecular weight is 600 g/mol. The number of nitrogens with one attached hydrogen (secondary N) is 2. The summed E-state index contributed by atoms with van der Waals surface area (Å²) in [6, 6.07) is 12.0. The SMILES string of the molecule is CCc1cc(Br)cc(C)c1NC(=O)CSC1=C(C#N)[C@@H](c2ccc(C(=O)OC)cc2)[C@@H](C(=O)OC)C(=O)N1. The number of nitriles is 1. The van der Waals surface area contributed by atoms with Gasteiger partial charge in [0.1, 0.15) is 5.92 Å². The minimum Gasteiger partial charge on any atom is -0.468 e. The third-order valence-electron chi connectivity index (χ3n) is 6.05. The smallest absolute Gasteiger partial charge is 0.337 e. The number of amides is 2. The molecule has 2 aromatic carbocycles. The fourth-order valence-electron chi connectivity index (χ4n) is 4.21. The number of hydrogen-bond donors (Lipinski definition) is 2. The molecule has 0 aromatic heterocycles. The number of aryl methyl sites for hydroxylation is 2. The minimum absolute atomic E-state index is 0.0870. The van der Waals surface area contributed by atoms with E-state index >= 15 is 0 Å². The van der Waals surface area contributed by atoms with Crippen molar-refractivity contribution >= 4 is 57.1 Å². The number of allylic oxidation sites excluding steroid dienone is 1. The number of carbonyl (C=O) groups excluding carboxylic acids is 4. The highest BCUT2D eigenvalue weighted by molar-refractivity contribution is 9.10. The quantitative estimate of drug-likeness (QED) is 0.340. The van der Waals surface area contributed by atoms with Gasteiger partial charge in [0.25, 0.3) is 0 Å². The summed E-state index contributed by atoms with van der Waals surface area (Å²) >= 11 is 4.46. The number of benzene rings is 2. The molecule has 1 aliphatic rings. The van der Waals surface area contributed by atoms with Gasteiger partial charge in [-0.2, -0.15) is 5.26 Å². The molecule has 0 saturated carbocycles. The van der Waals surface area contributed by atoms with Gasteiger partial charge in [0.05, 0.1) is 42.2 Å². The van der Waals surface area contributed by atoms with Gasteiger partial charge in [0, 0.05) is 16.1 Å². The van der Waals surface area contributed by atoms with Crippen LogP contribution in [-0.2, 0) is 30.3 Å². The van der Waals surface area contributed by atoms with Crippen LogP contribution in [0.3, 0.4) is 0 Å². The largest absolute Gasteiger partial charge is 0.468 e. The molecule has 0 unspecified atom stereocenters. The van der Waals surface area contributed by atoms with Crippen molar-refractivity contribution in [2.24, 2.45) is 5.92 Å². The van der Waals surface area contributed by atoms with Gasteiger partial charge in [0.15, 0.2) is 0 Å². The molecule has 9 nitrogen and oxygen atoms in total. The maximum atomic E-state index is 13.0. The van der Waals surface area contributed by atoms with Crippen LogP contribution in [0, 0.1) is 24.2 Å². The van der Waals surface area contributed by atoms with Gasteiger partial charge in [-0.05, 0) is 54.3 Å². The molecule has 2 aromatic rings. The Kier molecular flexibility index (Phi) is 9.72. The molecule has 1 aliphatic heterocycles. The summed E-state index contributed by atoms with van der Waals surface area (Å²) in [5, 5.41) is 15.8. The number of hydrogen-bond acceptors (Lipinski definition) is 8. The Labute approximate surface area is 233 Å². The van der Waals surface area contributed by atoms with Crippen molar-refractivity contribution in [2.45, 2.75) is 26.2 Å². The first kappa shape index (κ1) is 28.9. The van der Waals surface area contributed by atoms with Crippen molar-refractivity contribution in [2.75, 3.05) is 25.3 Å². The van der Waals surface area contributed by atoms with Crippen molar-refractivity contribution in [1.29, 1.82) is 5.26 Å². The number of carbonyl (C=O) groups is 4. The molecule has 0 radical (unpaired) electrons. The van der Waals surface area contributed by atoms with Crippen LogP contribution in [0.2, 0.25) is 0 Å². The molecule has 2 amide bonds. The van der Waals surface area contributed by atoms with Crippen molar-refractivity contribution in [3.05, 3.63) is 73.7 Å². The number of anilines is 1. The highest BCUT2D eigenvalue weighted by atomic mass is 79.9. The second kappa shape index (κ2) is 12.8. The third-order valence-corrected chi connectivity index (χ3v) is 7.52. The Hall–Kier alpha value is -3.62. The number of methoxy groups -OCH3 is 2. The van der Waals surface area contributed by atoms with Crippen molar-refractivity contribution < 1.29 is 28.7 Å².